The molecular formula is C14H18N6. The van der Waals surface area contributed by atoms with Gasteiger partial charge in [0.2, 0.25) is 0 Å². The molecule has 0 amide bonds. The fourth-order valence-corrected chi connectivity index (χ4v) is 2.22. The summed E-state index contributed by atoms with van der Waals surface area (Å²) in [5.74, 6) is 0.952. The van der Waals surface area contributed by atoms with Crippen LogP contribution in [0, 0.1) is 0 Å². The van der Waals surface area contributed by atoms with Crippen LogP contribution in [0.5, 0.6) is 0 Å². The Balaban J connectivity index is 1.95. The van der Waals surface area contributed by atoms with Crippen LogP contribution >= 0.6 is 0 Å². The van der Waals surface area contributed by atoms with Gasteiger partial charge < -0.3 is 5.32 Å². The number of nitrogens with one attached hydrogen (secondary N) is 1. The van der Waals surface area contributed by atoms with Crippen LogP contribution in [0.15, 0.2) is 30.7 Å². The maximum Gasteiger partial charge on any atom is 0.157 e. The minimum atomic E-state index is 0.156. The quantitative estimate of drug-likeness (QED) is 0.789. The van der Waals surface area contributed by atoms with Gasteiger partial charge in [0.15, 0.2) is 5.65 Å². The minimum absolute atomic E-state index is 0.156. The molecule has 3 heterocycles. The van der Waals surface area contributed by atoms with Crippen molar-refractivity contribution in [3.05, 3.63) is 42.0 Å². The molecule has 0 fully saturated rings. The van der Waals surface area contributed by atoms with Crippen molar-refractivity contribution in [2.24, 2.45) is 7.05 Å². The zero-order valence-electron chi connectivity index (χ0n) is 11.9. The van der Waals surface area contributed by atoms with Gasteiger partial charge >= 0.3 is 0 Å². The Hall–Kier alpha value is -2.37. The summed E-state index contributed by atoms with van der Waals surface area (Å²) >= 11 is 0. The van der Waals surface area contributed by atoms with E-state index in [2.05, 4.69) is 34.3 Å². The Morgan fingerprint density at radius 2 is 2.20 bits per heavy atom. The summed E-state index contributed by atoms with van der Waals surface area (Å²) in [6.45, 7) is 4.21. The highest BCUT2D eigenvalue weighted by atomic mass is 15.3. The van der Waals surface area contributed by atoms with E-state index in [9.17, 15) is 0 Å². The molecule has 0 radical (unpaired) electrons. The van der Waals surface area contributed by atoms with Gasteiger partial charge in [-0.3, -0.25) is 4.68 Å². The fourth-order valence-electron chi connectivity index (χ4n) is 2.22. The molecule has 1 unspecified atom stereocenters. The van der Waals surface area contributed by atoms with Crippen LogP contribution < -0.4 is 5.32 Å². The van der Waals surface area contributed by atoms with Crippen LogP contribution in [0.1, 0.15) is 31.1 Å². The summed E-state index contributed by atoms with van der Waals surface area (Å²) in [6.07, 6.45) is 6.55. The Labute approximate surface area is 117 Å². The topological polar surface area (TPSA) is 60.0 Å². The summed E-state index contributed by atoms with van der Waals surface area (Å²) in [4.78, 5) is 4.54. The van der Waals surface area contributed by atoms with E-state index in [0.717, 1.165) is 29.1 Å². The zero-order valence-corrected chi connectivity index (χ0v) is 11.9. The predicted octanol–water partition coefficient (Wildman–Crippen LogP) is 2.20. The predicted molar refractivity (Wildman–Crippen MR) is 77.6 cm³/mol. The molecule has 3 rings (SSSR count). The average Bonchev–Trinajstić information content (AvgIpc) is 3.06. The smallest absolute Gasteiger partial charge is 0.157 e. The first-order valence-corrected chi connectivity index (χ1v) is 6.76. The van der Waals surface area contributed by atoms with Gasteiger partial charge in [-0.1, -0.05) is 6.92 Å². The highest BCUT2D eigenvalue weighted by Gasteiger charge is 2.11. The Morgan fingerprint density at radius 1 is 1.35 bits per heavy atom. The number of rotatable bonds is 4. The number of fused-ring (bicyclic) bond motifs is 1. The monoisotopic (exact) mass is 270 g/mol. The lowest BCUT2D eigenvalue weighted by molar-refractivity contribution is 0.764. The lowest BCUT2D eigenvalue weighted by Crippen LogP contribution is -2.11. The van der Waals surface area contributed by atoms with Gasteiger partial charge in [-0.25, -0.2) is 4.98 Å². The number of aryl methyl sites for hydroxylation is 2. The van der Waals surface area contributed by atoms with Crippen molar-refractivity contribution < 1.29 is 0 Å². The normalized spacial score (nSPS) is 12.8. The van der Waals surface area contributed by atoms with Crippen molar-refractivity contribution >= 4 is 11.5 Å². The highest BCUT2D eigenvalue weighted by Crippen LogP contribution is 2.20. The van der Waals surface area contributed by atoms with Gasteiger partial charge in [0, 0.05) is 36.6 Å². The van der Waals surface area contributed by atoms with Crippen LogP contribution in [0.25, 0.3) is 5.65 Å². The van der Waals surface area contributed by atoms with Crippen molar-refractivity contribution in [3.63, 3.8) is 0 Å². The number of hydrogen-bond acceptors (Lipinski definition) is 4. The Kier molecular flexibility index (Phi) is 3.14. The first kappa shape index (κ1) is 12.7. The Bertz CT molecular complexity index is 726. The molecule has 0 aromatic carbocycles. The molecule has 0 bridgehead atoms. The van der Waals surface area contributed by atoms with Crippen molar-refractivity contribution in [2.45, 2.75) is 26.3 Å². The molecule has 6 nitrogen and oxygen atoms in total. The second kappa shape index (κ2) is 4.96. The van der Waals surface area contributed by atoms with Crippen LogP contribution in [0.2, 0.25) is 0 Å². The molecule has 0 aliphatic heterocycles. The third kappa shape index (κ3) is 2.24. The molecule has 0 aliphatic rings. The zero-order chi connectivity index (χ0) is 14.1. The molecular weight excluding hydrogens is 252 g/mol. The number of anilines is 1. The molecule has 20 heavy (non-hydrogen) atoms. The van der Waals surface area contributed by atoms with Gasteiger partial charge in [0.25, 0.3) is 0 Å². The average molecular weight is 270 g/mol. The molecule has 1 N–H and O–H groups in total. The van der Waals surface area contributed by atoms with E-state index in [1.165, 1.54) is 0 Å². The molecule has 0 aliphatic carbocycles. The Morgan fingerprint density at radius 3 is 2.90 bits per heavy atom. The third-order valence-corrected chi connectivity index (χ3v) is 3.36. The molecule has 0 saturated heterocycles. The molecule has 3 aromatic heterocycles. The highest BCUT2D eigenvalue weighted by molar-refractivity contribution is 5.50. The first-order chi connectivity index (χ1) is 9.67. The molecule has 6 heteroatoms. The number of aromatic nitrogens is 5. The molecule has 104 valence electrons. The second-order valence-electron chi connectivity index (χ2n) is 4.90. The van der Waals surface area contributed by atoms with Gasteiger partial charge in [0.1, 0.15) is 5.82 Å². The summed E-state index contributed by atoms with van der Waals surface area (Å²) < 4.78 is 3.63. The van der Waals surface area contributed by atoms with Crippen LogP contribution in [-0.2, 0) is 13.5 Å². The molecule has 0 saturated carbocycles. The number of nitrogens with zero attached hydrogens (tertiary/aromatic N) is 5. The first-order valence-electron chi connectivity index (χ1n) is 6.76. The van der Waals surface area contributed by atoms with Gasteiger partial charge in [-0.15, -0.1) is 0 Å². The van der Waals surface area contributed by atoms with E-state index >= 15 is 0 Å². The lowest BCUT2D eigenvalue weighted by Gasteiger charge is -2.15. The maximum atomic E-state index is 4.54. The van der Waals surface area contributed by atoms with Crippen molar-refractivity contribution in [2.75, 3.05) is 5.32 Å². The van der Waals surface area contributed by atoms with E-state index in [-0.39, 0.29) is 6.04 Å². The SMILES string of the molecule is CCc1cc(NC(C)c2cnn(C)c2)n2nccc2n1. The second-order valence-corrected chi connectivity index (χ2v) is 4.90. The van der Waals surface area contributed by atoms with E-state index in [1.807, 2.05) is 36.1 Å². The van der Waals surface area contributed by atoms with E-state index in [1.54, 1.807) is 10.9 Å². The van der Waals surface area contributed by atoms with Crippen LogP contribution in [-0.4, -0.2) is 24.4 Å². The van der Waals surface area contributed by atoms with Gasteiger partial charge in [-0.2, -0.15) is 14.7 Å². The summed E-state index contributed by atoms with van der Waals surface area (Å²) in [5.41, 5.74) is 3.06. The van der Waals surface area contributed by atoms with Crippen LogP contribution in [0.3, 0.4) is 0 Å². The summed E-state index contributed by atoms with van der Waals surface area (Å²) in [6, 6.07) is 4.12. The minimum Gasteiger partial charge on any atom is -0.363 e. The van der Waals surface area contributed by atoms with Gasteiger partial charge in [0.05, 0.1) is 18.4 Å². The standard InChI is InChI=1S/C14H18N6/c1-4-12-7-14(20-13(18-12)5-6-15-20)17-10(2)11-8-16-19(3)9-11/h5-10,17H,4H2,1-3H3. The summed E-state index contributed by atoms with van der Waals surface area (Å²) in [7, 11) is 1.92. The summed E-state index contributed by atoms with van der Waals surface area (Å²) in [5, 5.41) is 12.0. The van der Waals surface area contributed by atoms with Gasteiger partial charge in [-0.05, 0) is 13.3 Å². The third-order valence-electron chi connectivity index (χ3n) is 3.36. The van der Waals surface area contributed by atoms with E-state index in [4.69, 9.17) is 0 Å². The molecule has 0 spiro atoms. The number of hydrogen-bond donors (Lipinski definition) is 1. The van der Waals surface area contributed by atoms with Crippen molar-refractivity contribution in [1.29, 1.82) is 0 Å². The maximum absolute atomic E-state index is 4.54. The largest absolute Gasteiger partial charge is 0.363 e. The van der Waals surface area contributed by atoms with Crippen molar-refractivity contribution in [1.82, 2.24) is 24.4 Å². The fraction of sp³-hybridized carbons (Fsp3) is 0.357. The van der Waals surface area contributed by atoms with Crippen molar-refractivity contribution in [3.8, 4) is 0 Å². The van der Waals surface area contributed by atoms with Crippen LogP contribution in [0.4, 0.5) is 5.82 Å². The molecule has 1 atom stereocenters. The van der Waals surface area contributed by atoms with E-state index in [0.29, 0.717) is 0 Å². The lowest BCUT2D eigenvalue weighted by atomic mass is 10.2. The molecule has 3 aromatic rings. The van der Waals surface area contributed by atoms with E-state index < -0.39 is 0 Å².